The van der Waals surface area contributed by atoms with Crippen LogP contribution in [0.1, 0.15) is 18.7 Å². The molecule has 0 bridgehead atoms. The van der Waals surface area contributed by atoms with Crippen LogP contribution in [0.3, 0.4) is 0 Å². The maximum atomic E-state index is 12.9. The quantitative estimate of drug-likeness (QED) is 0.507. The number of rotatable bonds is 8. The molecular formula is C20H20ClN5O4S. The van der Waals surface area contributed by atoms with Gasteiger partial charge in [0.05, 0.1) is 13.1 Å². The molecule has 0 atom stereocenters. The van der Waals surface area contributed by atoms with Gasteiger partial charge in [-0.15, -0.1) is 10.2 Å². The number of pyridine rings is 1. The molecule has 1 aliphatic carbocycles. The fourth-order valence-corrected chi connectivity index (χ4v) is 4.24. The van der Waals surface area contributed by atoms with E-state index < -0.39 is 10.0 Å². The Bertz CT molecular complexity index is 1160. The van der Waals surface area contributed by atoms with Gasteiger partial charge in [0.2, 0.25) is 27.7 Å². The third kappa shape index (κ3) is 4.92. The van der Waals surface area contributed by atoms with Gasteiger partial charge >= 0.3 is 0 Å². The van der Waals surface area contributed by atoms with Crippen molar-refractivity contribution in [3.8, 4) is 11.5 Å². The minimum absolute atomic E-state index is 0.0350. The van der Waals surface area contributed by atoms with Crippen molar-refractivity contribution in [1.82, 2.24) is 24.4 Å². The second kappa shape index (κ2) is 8.74. The summed E-state index contributed by atoms with van der Waals surface area (Å²) in [6, 6.07) is 9.99. The first-order valence-electron chi connectivity index (χ1n) is 9.59. The molecule has 2 heterocycles. The summed E-state index contributed by atoms with van der Waals surface area (Å²) in [5.74, 6) is 0.276. The summed E-state index contributed by atoms with van der Waals surface area (Å²) in [5.41, 5.74) is 0.717. The Balaban J connectivity index is 1.46. The van der Waals surface area contributed by atoms with Gasteiger partial charge in [-0.1, -0.05) is 11.6 Å². The van der Waals surface area contributed by atoms with Crippen LogP contribution in [0.25, 0.3) is 11.5 Å². The minimum Gasteiger partial charge on any atom is -0.419 e. The van der Waals surface area contributed by atoms with E-state index in [2.05, 4.69) is 15.2 Å². The topological polar surface area (TPSA) is 110 Å². The van der Waals surface area contributed by atoms with E-state index in [1.54, 1.807) is 29.2 Å². The van der Waals surface area contributed by atoms with E-state index in [0.717, 1.165) is 22.7 Å². The maximum absolute atomic E-state index is 12.9. The number of carbonyl (C=O) groups excluding carboxylic acids is 1. The molecule has 11 heteroatoms. The zero-order valence-corrected chi connectivity index (χ0v) is 18.3. The molecular weight excluding hydrogens is 442 g/mol. The summed E-state index contributed by atoms with van der Waals surface area (Å²) in [6.45, 7) is -0.184. The Labute approximate surface area is 184 Å². The maximum Gasteiger partial charge on any atom is 0.247 e. The van der Waals surface area contributed by atoms with E-state index >= 15 is 0 Å². The molecule has 0 spiro atoms. The van der Waals surface area contributed by atoms with Crippen molar-refractivity contribution in [3.05, 3.63) is 59.7 Å². The zero-order chi connectivity index (χ0) is 22.0. The van der Waals surface area contributed by atoms with Crippen LogP contribution in [0.5, 0.6) is 0 Å². The van der Waals surface area contributed by atoms with Crippen LogP contribution in [0.4, 0.5) is 0 Å². The largest absolute Gasteiger partial charge is 0.419 e. The zero-order valence-electron chi connectivity index (χ0n) is 16.7. The van der Waals surface area contributed by atoms with E-state index in [1.165, 1.54) is 31.6 Å². The van der Waals surface area contributed by atoms with Crippen LogP contribution >= 0.6 is 11.6 Å². The highest BCUT2D eigenvalue weighted by atomic mass is 35.5. The van der Waals surface area contributed by atoms with Crippen LogP contribution in [0, 0.1) is 0 Å². The van der Waals surface area contributed by atoms with Gasteiger partial charge in [-0.3, -0.25) is 9.78 Å². The van der Waals surface area contributed by atoms with E-state index in [4.69, 9.17) is 16.0 Å². The van der Waals surface area contributed by atoms with Gasteiger partial charge in [-0.2, -0.15) is 4.31 Å². The third-order valence-corrected chi connectivity index (χ3v) is 6.91. The standard InChI is InChI=1S/C20H20ClN5O4S/c1-25(31(28,29)17-3-2-10-22-11-17)13-19(27)26(16-8-9-16)12-18-23-24-20(30-18)14-4-6-15(21)7-5-14/h2-7,10-11,16H,8-9,12-13H2,1H3. The van der Waals surface area contributed by atoms with E-state index in [9.17, 15) is 13.2 Å². The van der Waals surface area contributed by atoms with Gasteiger partial charge in [0, 0.05) is 36.1 Å². The first-order chi connectivity index (χ1) is 14.8. The lowest BCUT2D eigenvalue weighted by Crippen LogP contribution is -2.42. The number of hydrogen-bond acceptors (Lipinski definition) is 7. The molecule has 31 heavy (non-hydrogen) atoms. The van der Waals surface area contributed by atoms with Crippen LogP contribution in [-0.2, 0) is 21.4 Å². The first-order valence-corrected chi connectivity index (χ1v) is 11.4. The molecule has 2 aromatic heterocycles. The number of likely N-dealkylation sites (N-methyl/N-ethyl adjacent to an activating group) is 1. The Morgan fingerprint density at radius 2 is 1.94 bits per heavy atom. The Morgan fingerprint density at radius 3 is 2.58 bits per heavy atom. The van der Waals surface area contributed by atoms with Crippen LogP contribution in [0.15, 0.2) is 58.1 Å². The monoisotopic (exact) mass is 461 g/mol. The molecule has 1 amide bonds. The highest BCUT2D eigenvalue weighted by molar-refractivity contribution is 7.89. The highest BCUT2D eigenvalue weighted by Gasteiger charge is 2.35. The predicted octanol–water partition coefficient (Wildman–Crippen LogP) is 2.60. The van der Waals surface area contributed by atoms with Gasteiger partial charge in [0.1, 0.15) is 4.90 Å². The first kappa shape index (κ1) is 21.4. The number of halogens is 1. The van der Waals surface area contributed by atoms with E-state index in [-0.39, 0.29) is 35.8 Å². The molecule has 1 fully saturated rings. The lowest BCUT2D eigenvalue weighted by Gasteiger charge is -2.24. The summed E-state index contributed by atoms with van der Waals surface area (Å²) in [5, 5.41) is 8.67. The lowest BCUT2D eigenvalue weighted by atomic mass is 10.2. The molecule has 9 nitrogen and oxygen atoms in total. The SMILES string of the molecule is CN(CC(=O)N(Cc1nnc(-c2ccc(Cl)cc2)o1)C1CC1)S(=O)(=O)c1cccnc1. The van der Waals surface area contributed by atoms with Gasteiger partial charge in [0.15, 0.2) is 0 Å². The van der Waals surface area contributed by atoms with Gasteiger partial charge in [-0.25, -0.2) is 8.42 Å². The van der Waals surface area contributed by atoms with Crippen LogP contribution < -0.4 is 0 Å². The number of amides is 1. The fraction of sp³-hybridized carbons (Fsp3) is 0.300. The van der Waals surface area contributed by atoms with Crippen molar-refractivity contribution in [2.24, 2.45) is 0 Å². The summed E-state index contributed by atoms with van der Waals surface area (Å²) >= 11 is 5.90. The van der Waals surface area contributed by atoms with Crippen molar-refractivity contribution < 1.29 is 17.6 Å². The number of benzene rings is 1. The third-order valence-electron chi connectivity index (χ3n) is 4.87. The molecule has 0 aliphatic heterocycles. The van der Waals surface area contributed by atoms with Crippen LogP contribution in [0.2, 0.25) is 5.02 Å². The second-order valence-electron chi connectivity index (χ2n) is 7.21. The van der Waals surface area contributed by atoms with Crippen LogP contribution in [-0.4, -0.2) is 58.3 Å². The van der Waals surface area contributed by atoms with Gasteiger partial charge < -0.3 is 9.32 Å². The van der Waals surface area contributed by atoms with Crippen molar-refractivity contribution >= 4 is 27.5 Å². The molecule has 0 unspecified atom stereocenters. The summed E-state index contributed by atoms with van der Waals surface area (Å²) < 4.78 is 32.1. The van der Waals surface area contributed by atoms with Gasteiger partial charge in [0.25, 0.3) is 0 Å². The van der Waals surface area contributed by atoms with E-state index in [1.807, 2.05) is 0 Å². The van der Waals surface area contributed by atoms with Crippen molar-refractivity contribution in [2.45, 2.75) is 30.3 Å². The number of sulfonamides is 1. The Morgan fingerprint density at radius 1 is 1.19 bits per heavy atom. The van der Waals surface area contributed by atoms with Crippen molar-refractivity contribution in [2.75, 3.05) is 13.6 Å². The summed E-state index contributed by atoms with van der Waals surface area (Å²) in [4.78, 5) is 18.4. The minimum atomic E-state index is -3.82. The lowest BCUT2D eigenvalue weighted by molar-refractivity contribution is -0.132. The highest BCUT2D eigenvalue weighted by Crippen LogP contribution is 2.29. The molecule has 1 aromatic carbocycles. The molecule has 1 aliphatic rings. The second-order valence-corrected chi connectivity index (χ2v) is 9.69. The number of nitrogens with zero attached hydrogens (tertiary/aromatic N) is 5. The number of hydrogen-bond donors (Lipinski definition) is 0. The molecule has 1 saturated carbocycles. The summed E-state index contributed by atoms with van der Waals surface area (Å²) in [6.07, 6.45) is 4.44. The van der Waals surface area contributed by atoms with Crippen molar-refractivity contribution in [1.29, 1.82) is 0 Å². The predicted molar refractivity (Wildman–Crippen MR) is 112 cm³/mol. The summed E-state index contributed by atoms with van der Waals surface area (Å²) in [7, 11) is -2.45. The molecule has 162 valence electrons. The van der Waals surface area contributed by atoms with Crippen molar-refractivity contribution in [3.63, 3.8) is 0 Å². The van der Waals surface area contributed by atoms with Gasteiger partial charge in [-0.05, 0) is 49.2 Å². The molecule has 0 saturated heterocycles. The average molecular weight is 462 g/mol. The Hall–Kier alpha value is -2.82. The van der Waals surface area contributed by atoms with E-state index in [0.29, 0.717) is 10.9 Å². The molecule has 3 aromatic rings. The smallest absolute Gasteiger partial charge is 0.247 e. The molecule has 4 rings (SSSR count). The normalized spacial score (nSPS) is 14.0. The average Bonchev–Trinajstić information content (AvgIpc) is 3.50. The Kier molecular flexibility index (Phi) is 6.03. The fourth-order valence-electron chi connectivity index (χ4n) is 3.03. The molecule has 0 radical (unpaired) electrons. The number of carbonyl (C=O) groups is 1. The molecule has 0 N–H and O–H groups in total. The number of aromatic nitrogens is 3.